The number of carbonyl (C=O) groups excluding carboxylic acids is 2. The van der Waals surface area contributed by atoms with Gasteiger partial charge in [-0.05, 0) is 61.4 Å². The van der Waals surface area contributed by atoms with Gasteiger partial charge in [0.2, 0.25) is 0 Å². The van der Waals surface area contributed by atoms with Crippen LogP contribution in [0.4, 0.5) is 0 Å². The number of ether oxygens (including phenoxy) is 3. The number of carboxylic acids is 1. The normalized spacial score (nSPS) is 10.0. The average Bonchev–Trinajstić information content (AvgIpc) is 2.71. The van der Waals surface area contributed by atoms with E-state index in [0.29, 0.717) is 37.4 Å². The van der Waals surface area contributed by atoms with Gasteiger partial charge >= 0.3 is 17.9 Å². The first-order valence-electron chi connectivity index (χ1n) is 8.57. The monoisotopic (exact) mass is 384 g/mol. The largest absolute Gasteiger partial charge is 0.494 e. The van der Waals surface area contributed by atoms with E-state index in [1.54, 1.807) is 24.3 Å². The van der Waals surface area contributed by atoms with Crippen LogP contribution in [0.15, 0.2) is 61.2 Å². The summed E-state index contributed by atoms with van der Waals surface area (Å²) in [6.07, 6.45) is 2.50. The zero-order chi connectivity index (χ0) is 20.4. The number of rotatable bonds is 10. The molecule has 0 fully saturated rings. The van der Waals surface area contributed by atoms with E-state index in [4.69, 9.17) is 19.3 Å². The molecule has 0 spiro atoms. The summed E-state index contributed by atoms with van der Waals surface area (Å²) in [5.74, 6) is -1.19. The molecule has 7 heteroatoms. The van der Waals surface area contributed by atoms with Gasteiger partial charge in [-0.15, -0.1) is 0 Å². The van der Waals surface area contributed by atoms with Crippen LogP contribution in [-0.2, 0) is 9.53 Å². The predicted molar refractivity (Wildman–Crippen MR) is 101 cm³/mol. The first-order valence-corrected chi connectivity index (χ1v) is 8.57. The second kappa shape index (κ2) is 10.5. The number of aromatic carboxylic acids is 1. The minimum absolute atomic E-state index is 0.111. The number of hydrogen-bond donors (Lipinski definition) is 1. The van der Waals surface area contributed by atoms with Crippen molar-refractivity contribution < 1.29 is 33.7 Å². The standard InChI is InChI=1S/C21H20O7/c1-2-19(22)27-14-4-3-13-26-17-9-7-16(8-10-17)21(25)28-18-11-5-15(6-12-18)20(23)24/h2,5-12H,1,3-4,13-14H2,(H,23,24). The van der Waals surface area contributed by atoms with Gasteiger partial charge in [0.15, 0.2) is 0 Å². The van der Waals surface area contributed by atoms with Crippen LogP contribution in [0.3, 0.4) is 0 Å². The zero-order valence-corrected chi connectivity index (χ0v) is 15.1. The van der Waals surface area contributed by atoms with Gasteiger partial charge in [0.05, 0.1) is 24.3 Å². The Morgan fingerprint density at radius 3 is 2.04 bits per heavy atom. The van der Waals surface area contributed by atoms with Crippen molar-refractivity contribution in [2.45, 2.75) is 12.8 Å². The number of hydrogen-bond acceptors (Lipinski definition) is 6. The van der Waals surface area contributed by atoms with Crippen LogP contribution in [0.5, 0.6) is 11.5 Å². The molecule has 0 aliphatic rings. The van der Waals surface area contributed by atoms with Gasteiger partial charge in [0.25, 0.3) is 0 Å². The summed E-state index contributed by atoms with van der Waals surface area (Å²) in [6.45, 7) is 4.08. The maximum atomic E-state index is 12.1. The van der Waals surface area contributed by atoms with E-state index in [9.17, 15) is 14.4 Å². The highest BCUT2D eigenvalue weighted by Crippen LogP contribution is 2.17. The summed E-state index contributed by atoms with van der Waals surface area (Å²) in [7, 11) is 0. The van der Waals surface area contributed by atoms with Gasteiger partial charge in [-0.2, -0.15) is 0 Å². The van der Waals surface area contributed by atoms with Crippen molar-refractivity contribution in [1.29, 1.82) is 0 Å². The van der Waals surface area contributed by atoms with E-state index in [1.807, 2.05) is 0 Å². The summed E-state index contributed by atoms with van der Waals surface area (Å²) in [5, 5.41) is 8.86. The Bertz CT molecular complexity index is 823. The van der Waals surface area contributed by atoms with E-state index in [-0.39, 0.29) is 11.3 Å². The summed E-state index contributed by atoms with van der Waals surface area (Å²) >= 11 is 0. The molecular formula is C21H20O7. The second-order valence-electron chi connectivity index (χ2n) is 5.67. The van der Waals surface area contributed by atoms with E-state index in [2.05, 4.69) is 6.58 Å². The fourth-order valence-electron chi connectivity index (χ4n) is 2.14. The molecule has 1 N–H and O–H groups in total. The molecule has 0 aromatic heterocycles. The molecule has 0 heterocycles. The fourth-order valence-corrected chi connectivity index (χ4v) is 2.14. The lowest BCUT2D eigenvalue weighted by Crippen LogP contribution is -2.09. The van der Waals surface area contributed by atoms with Crippen LogP contribution in [0.1, 0.15) is 33.6 Å². The third-order valence-corrected chi connectivity index (χ3v) is 3.62. The molecule has 0 aliphatic carbocycles. The SMILES string of the molecule is C=CC(=O)OCCCCOc1ccc(C(=O)Oc2ccc(C(=O)O)cc2)cc1. The van der Waals surface area contributed by atoms with Crippen LogP contribution in [0.25, 0.3) is 0 Å². The molecule has 0 bridgehead atoms. The molecule has 0 radical (unpaired) electrons. The summed E-state index contributed by atoms with van der Waals surface area (Å²) in [6, 6.07) is 12.0. The first-order chi connectivity index (χ1) is 13.5. The molecule has 0 atom stereocenters. The number of carbonyl (C=O) groups is 3. The lowest BCUT2D eigenvalue weighted by molar-refractivity contribution is -0.137. The molecule has 7 nitrogen and oxygen atoms in total. The minimum atomic E-state index is -1.05. The molecule has 2 aromatic rings. The van der Waals surface area contributed by atoms with Crippen molar-refractivity contribution in [1.82, 2.24) is 0 Å². The summed E-state index contributed by atoms with van der Waals surface area (Å²) in [5.41, 5.74) is 0.450. The Morgan fingerprint density at radius 1 is 0.857 bits per heavy atom. The molecule has 146 valence electrons. The van der Waals surface area contributed by atoms with Gasteiger partial charge in [0, 0.05) is 6.08 Å². The van der Waals surface area contributed by atoms with Crippen molar-refractivity contribution in [2.24, 2.45) is 0 Å². The highest BCUT2D eigenvalue weighted by atomic mass is 16.5. The van der Waals surface area contributed by atoms with E-state index < -0.39 is 17.9 Å². The van der Waals surface area contributed by atoms with E-state index in [1.165, 1.54) is 24.3 Å². The minimum Gasteiger partial charge on any atom is -0.494 e. The molecule has 2 rings (SSSR count). The summed E-state index contributed by atoms with van der Waals surface area (Å²) < 4.78 is 15.6. The van der Waals surface area contributed by atoms with Crippen LogP contribution in [-0.4, -0.2) is 36.2 Å². The Balaban J connectivity index is 1.76. The lowest BCUT2D eigenvalue weighted by atomic mass is 10.2. The average molecular weight is 384 g/mol. The predicted octanol–water partition coefficient (Wildman–Crippen LogP) is 3.49. The maximum Gasteiger partial charge on any atom is 0.343 e. The Labute approximate surface area is 162 Å². The fraction of sp³-hybridized carbons (Fsp3) is 0.190. The van der Waals surface area contributed by atoms with Crippen LogP contribution < -0.4 is 9.47 Å². The molecule has 0 aliphatic heterocycles. The van der Waals surface area contributed by atoms with Gasteiger partial charge in [-0.3, -0.25) is 0 Å². The Hall–Kier alpha value is -3.61. The smallest absolute Gasteiger partial charge is 0.343 e. The molecule has 0 unspecified atom stereocenters. The Kier molecular flexibility index (Phi) is 7.77. The quantitative estimate of drug-likeness (QED) is 0.290. The molecule has 0 saturated heterocycles. The van der Waals surface area contributed by atoms with Gasteiger partial charge in [0.1, 0.15) is 11.5 Å². The first kappa shape index (κ1) is 20.7. The third-order valence-electron chi connectivity index (χ3n) is 3.62. The number of esters is 2. The van der Waals surface area contributed by atoms with Crippen molar-refractivity contribution in [3.8, 4) is 11.5 Å². The molecule has 28 heavy (non-hydrogen) atoms. The zero-order valence-electron chi connectivity index (χ0n) is 15.1. The summed E-state index contributed by atoms with van der Waals surface area (Å²) in [4.78, 5) is 33.8. The van der Waals surface area contributed by atoms with E-state index >= 15 is 0 Å². The molecule has 0 amide bonds. The van der Waals surface area contributed by atoms with Crippen molar-refractivity contribution >= 4 is 17.9 Å². The van der Waals surface area contributed by atoms with Crippen molar-refractivity contribution in [3.05, 3.63) is 72.3 Å². The molecule has 2 aromatic carbocycles. The van der Waals surface area contributed by atoms with Crippen LogP contribution in [0.2, 0.25) is 0 Å². The Morgan fingerprint density at radius 2 is 1.43 bits per heavy atom. The van der Waals surface area contributed by atoms with Crippen LogP contribution >= 0.6 is 0 Å². The highest BCUT2D eigenvalue weighted by Gasteiger charge is 2.10. The highest BCUT2D eigenvalue weighted by molar-refractivity contribution is 5.91. The van der Waals surface area contributed by atoms with Gasteiger partial charge in [-0.25, -0.2) is 14.4 Å². The van der Waals surface area contributed by atoms with Crippen LogP contribution in [0, 0.1) is 0 Å². The number of carboxylic acid groups (broad SMARTS) is 1. The van der Waals surface area contributed by atoms with Crippen molar-refractivity contribution in [2.75, 3.05) is 13.2 Å². The third kappa shape index (κ3) is 6.60. The number of unbranched alkanes of at least 4 members (excludes halogenated alkanes) is 1. The second-order valence-corrected chi connectivity index (χ2v) is 5.67. The topological polar surface area (TPSA) is 99.1 Å². The number of benzene rings is 2. The lowest BCUT2D eigenvalue weighted by Gasteiger charge is -2.08. The maximum absolute atomic E-state index is 12.1. The van der Waals surface area contributed by atoms with Gasteiger partial charge in [-0.1, -0.05) is 6.58 Å². The van der Waals surface area contributed by atoms with Gasteiger partial charge < -0.3 is 19.3 Å². The van der Waals surface area contributed by atoms with Crippen molar-refractivity contribution in [3.63, 3.8) is 0 Å². The molecular weight excluding hydrogens is 364 g/mol. The molecule has 0 saturated carbocycles. The van der Waals surface area contributed by atoms with E-state index in [0.717, 1.165) is 6.08 Å².